The van der Waals surface area contributed by atoms with Crippen molar-refractivity contribution in [2.75, 3.05) is 13.2 Å². The summed E-state index contributed by atoms with van der Waals surface area (Å²) < 4.78 is 10.9. The first-order valence-electron chi connectivity index (χ1n) is 7.21. The number of hydrogen-bond donors (Lipinski definition) is 1. The maximum absolute atomic E-state index is 12.0. The van der Waals surface area contributed by atoms with Gasteiger partial charge in [-0.25, -0.2) is 5.43 Å². The summed E-state index contributed by atoms with van der Waals surface area (Å²) in [5.74, 6) is 0.416. The fourth-order valence-electron chi connectivity index (χ4n) is 2.20. The van der Waals surface area contributed by atoms with Crippen LogP contribution in [0, 0.1) is 10.1 Å². The summed E-state index contributed by atoms with van der Waals surface area (Å²) in [6.07, 6.45) is 1.39. The van der Waals surface area contributed by atoms with Crippen LogP contribution in [0.3, 0.4) is 0 Å². The fourth-order valence-corrected chi connectivity index (χ4v) is 2.47. The molecule has 0 aromatic heterocycles. The maximum atomic E-state index is 12.0. The van der Waals surface area contributed by atoms with Crippen LogP contribution in [0.1, 0.15) is 15.9 Å². The van der Waals surface area contributed by atoms with E-state index in [1.54, 1.807) is 12.1 Å². The molecular weight excluding hydrogens is 350 g/mol. The summed E-state index contributed by atoms with van der Waals surface area (Å²) in [6, 6.07) is 8.67. The number of nitro groups is 1. The van der Waals surface area contributed by atoms with E-state index in [0.717, 1.165) is 0 Å². The average molecular weight is 362 g/mol. The maximum Gasteiger partial charge on any atom is 0.271 e. The zero-order valence-electron chi connectivity index (χ0n) is 12.8. The van der Waals surface area contributed by atoms with Gasteiger partial charge in [0.1, 0.15) is 13.2 Å². The number of nitro benzene ring substituents is 1. The molecule has 1 amide bonds. The number of non-ortho nitro benzene ring substituents is 1. The van der Waals surface area contributed by atoms with Crippen LogP contribution < -0.4 is 14.9 Å². The Morgan fingerprint density at radius 2 is 2.08 bits per heavy atom. The summed E-state index contributed by atoms with van der Waals surface area (Å²) in [5.41, 5.74) is 2.87. The number of nitrogens with zero attached hydrogens (tertiary/aromatic N) is 2. The second-order valence-electron chi connectivity index (χ2n) is 5.03. The van der Waals surface area contributed by atoms with Crippen LogP contribution in [-0.2, 0) is 0 Å². The number of hydrogen-bond acceptors (Lipinski definition) is 6. The molecular formula is C16H12ClN3O5. The van der Waals surface area contributed by atoms with E-state index in [-0.39, 0.29) is 11.3 Å². The van der Waals surface area contributed by atoms with Gasteiger partial charge in [0.15, 0.2) is 11.5 Å². The van der Waals surface area contributed by atoms with Crippen LogP contribution >= 0.6 is 11.6 Å². The second kappa shape index (κ2) is 7.18. The Morgan fingerprint density at radius 1 is 1.28 bits per heavy atom. The van der Waals surface area contributed by atoms with E-state index < -0.39 is 10.8 Å². The lowest BCUT2D eigenvalue weighted by molar-refractivity contribution is -0.384. The molecule has 0 aliphatic carbocycles. The van der Waals surface area contributed by atoms with Crippen molar-refractivity contribution in [2.24, 2.45) is 5.10 Å². The van der Waals surface area contributed by atoms with Crippen LogP contribution in [0.4, 0.5) is 5.69 Å². The molecule has 25 heavy (non-hydrogen) atoms. The van der Waals surface area contributed by atoms with Crippen LogP contribution in [0.5, 0.6) is 11.5 Å². The van der Waals surface area contributed by atoms with Gasteiger partial charge >= 0.3 is 0 Å². The Labute approximate surface area is 147 Å². The lowest BCUT2D eigenvalue weighted by Crippen LogP contribution is -2.18. The van der Waals surface area contributed by atoms with Gasteiger partial charge in [-0.15, -0.1) is 0 Å². The van der Waals surface area contributed by atoms with Crippen LogP contribution in [0.15, 0.2) is 41.5 Å². The van der Waals surface area contributed by atoms with E-state index >= 15 is 0 Å². The molecule has 0 bridgehead atoms. The molecule has 128 valence electrons. The molecule has 0 saturated carbocycles. The van der Waals surface area contributed by atoms with Crippen molar-refractivity contribution in [1.82, 2.24) is 5.43 Å². The molecule has 2 aromatic rings. The summed E-state index contributed by atoms with van der Waals surface area (Å²) in [5, 5.41) is 14.9. The summed E-state index contributed by atoms with van der Waals surface area (Å²) in [7, 11) is 0. The summed E-state index contributed by atoms with van der Waals surface area (Å²) in [6.45, 7) is 0.854. The Bertz CT molecular complexity index is 869. The van der Waals surface area contributed by atoms with E-state index in [1.165, 1.54) is 30.5 Å². The van der Waals surface area contributed by atoms with E-state index in [2.05, 4.69) is 10.5 Å². The monoisotopic (exact) mass is 361 g/mol. The molecule has 0 spiro atoms. The smallest absolute Gasteiger partial charge is 0.271 e. The van der Waals surface area contributed by atoms with E-state index in [0.29, 0.717) is 35.3 Å². The number of halogens is 1. The zero-order chi connectivity index (χ0) is 17.8. The standard InChI is InChI=1S/C16H12ClN3O5/c17-13-6-10(7-14-15(13)25-5-4-24-14)9-18-19-16(21)11-2-1-3-12(8-11)20(22)23/h1-3,6-9H,4-5H2,(H,19,21)/b18-9-. The topological polar surface area (TPSA) is 103 Å². The average Bonchev–Trinajstić information content (AvgIpc) is 2.62. The van der Waals surface area contributed by atoms with E-state index in [9.17, 15) is 14.9 Å². The molecule has 1 N–H and O–H groups in total. The molecule has 0 radical (unpaired) electrons. The Balaban J connectivity index is 1.71. The van der Waals surface area contributed by atoms with Crippen molar-refractivity contribution in [3.05, 3.63) is 62.7 Å². The lowest BCUT2D eigenvalue weighted by Gasteiger charge is -2.19. The highest BCUT2D eigenvalue weighted by atomic mass is 35.5. The second-order valence-corrected chi connectivity index (χ2v) is 5.44. The summed E-state index contributed by atoms with van der Waals surface area (Å²) in [4.78, 5) is 22.2. The minimum Gasteiger partial charge on any atom is -0.486 e. The number of carbonyl (C=O) groups is 1. The number of ether oxygens (including phenoxy) is 2. The van der Waals surface area contributed by atoms with Crippen LogP contribution in [0.2, 0.25) is 5.02 Å². The normalized spacial score (nSPS) is 12.8. The van der Waals surface area contributed by atoms with Crippen LogP contribution in [0.25, 0.3) is 0 Å². The number of nitrogens with one attached hydrogen (secondary N) is 1. The van der Waals surface area contributed by atoms with Gasteiger partial charge in [-0.3, -0.25) is 14.9 Å². The number of hydrazone groups is 1. The minimum atomic E-state index is -0.572. The van der Waals surface area contributed by atoms with Gasteiger partial charge in [-0.2, -0.15) is 5.10 Å². The molecule has 0 atom stereocenters. The molecule has 0 unspecified atom stereocenters. The predicted octanol–water partition coefficient (Wildman–Crippen LogP) is 2.78. The van der Waals surface area contributed by atoms with Crippen molar-refractivity contribution >= 4 is 29.4 Å². The van der Waals surface area contributed by atoms with Gasteiger partial charge in [-0.1, -0.05) is 17.7 Å². The van der Waals surface area contributed by atoms with E-state index in [4.69, 9.17) is 21.1 Å². The molecule has 3 rings (SSSR count). The number of benzene rings is 2. The molecule has 0 fully saturated rings. The number of fused-ring (bicyclic) bond motifs is 1. The fraction of sp³-hybridized carbons (Fsp3) is 0.125. The molecule has 1 aliphatic rings. The zero-order valence-corrected chi connectivity index (χ0v) is 13.5. The van der Waals surface area contributed by atoms with Gasteiger partial charge < -0.3 is 9.47 Å². The van der Waals surface area contributed by atoms with Crippen molar-refractivity contribution in [3.63, 3.8) is 0 Å². The summed E-state index contributed by atoms with van der Waals surface area (Å²) >= 11 is 6.11. The third-order valence-corrected chi connectivity index (χ3v) is 3.60. The first kappa shape index (κ1) is 16.7. The highest BCUT2D eigenvalue weighted by molar-refractivity contribution is 6.32. The highest BCUT2D eigenvalue weighted by Crippen LogP contribution is 2.37. The molecule has 8 nitrogen and oxygen atoms in total. The molecule has 1 aliphatic heterocycles. The van der Waals surface area contributed by atoms with Crippen molar-refractivity contribution in [3.8, 4) is 11.5 Å². The Morgan fingerprint density at radius 3 is 2.88 bits per heavy atom. The molecule has 9 heteroatoms. The van der Waals surface area contributed by atoms with Gasteiger partial charge in [0, 0.05) is 17.7 Å². The van der Waals surface area contributed by atoms with Crippen molar-refractivity contribution in [2.45, 2.75) is 0 Å². The van der Waals surface area contributed by atoms with Gasteiger partial charge in [0.2, 0.25) is 0 Å². The van der Waals surface area contributed by atoms with Gasteiger partial charge in [0.05, 0.1) is 16.2 Å². The SMILES string of the molecule is O=C(N/N=C\c1cc(Cl)c2c(c1)OCCO2)c1cccc([N+](=O)[O-])c1. The number of amides is 1. The first-order valence-corrected chi connectivity index (χ1v) is 7.59. The predicted molar refractivity (Wildman–Crippen MR) is 90.6 cm³/mol. The lowest BCUT2D eigenvalue weighted by atomic mass is 10.2. The van der Waals surface area contributed by atoms with Gasteiger partial charge in [0.25, 0.3) is 11.6 Å². The first-order chi connectivity index (χ1) is 12.0. The highest BCUT2D eigenvalue weighted by Gasteiger charge is 2.16. The number of rotatable bonds is 4. The molecule has 1 heterocycles. The van der Waals surface area contributed by atoms with Crippen LogP contribution in [-0.4, -0.2) is 30.3 Å². The molecule has 0 saturated heterocycles. The number of carbonyl (C=O) groups excluding carboxylic acids is 1. The third kappa shape index (κ3) is 3.86. The van der Waals surface area contributed by atoms with E-state index in [1.807, 2.05) is 0 Å². The molecule has 2 aromatic carbocycles. The van der Waals surface area contributed by atoms with Gasteiger partial charge in [-0.05, 0) is 23.8 Å². The third-order valence-electron chi connectivity index (χ3n) is 3.32. The minimum absolute atomic E-state index is 0.131. The van der Waals surface area contributed by atoms with Crippen molar-refractivity contribution in [1.29, 1.82) is 0 Å². The van der Waals surface area contributed by atoms with Crippen molar-refractivity contribution < 1.29 is 19.2 Å². The largest absolute Gasteiger partial charge is 0.486 e. The quantitative estimate of drug-likeness (QED) is 0.512. The Hall–Kier alpha value is -3.13. The Kier molecular flexibility index (Phi) is 4.80.